The Morgan fingerprint density at radius 2 is 2.28 bits per heavy atom. The molecule has 1 atom stereocenters. The van der Waals surface area contributed by atoms with E-state index in [0.29, 0.717) is 18.7 Å². The number of ether oxygens (including phenoxy) is 1. The van der Waals surface area contributed by atoms with E-state index in [0.717, 1.165) is 45.5 Å². The molecule has 1 aromatic carbocycles. The predicted molar refractivity (Wildman–Crippen MR) is 124 cm³/mol. The summed E-state index contributed by atoms with van der Waals surface area (Å²) in [4.78, 5) is 25.5. The van der Waals surface area contributed by atoms with Gasteiger partial charge in [0.1, 0.15) is 22.7 Å². The van der Waals surface area contributed by atoms with E-state index in [2.05, 4.69) is 25.5 Å². The summed E-state index contributed by atoms with van der Waals surface area (Å²) in [6.07, 6.45) is 5.58. The van der Waals surface area contributed by atoms with Crippen LogP contribution in [0.1, 0.15) is 16.9 Å². The molecule has 3 heterocycles. The number of amides is 1. The van der Waals surface area contributed by atoms with Crippen LogP contribution in [0.3, 0.4) is 0 Å². The lowest BCUT2D eigenvalue weighted by molar-refractivity contribution is -0.135. The molecule has 1 amide bonds. The lowest BCUT2D eigenvalue weighted by atomic mass is 9.87. The van der Waals surface area contributed by atoms with Crippen LogP contribution in [0.2, 0.25) is 0 Å². The molecular formula is C22H24N6O3S. The normalized spacial score (nSPS) is 15.7. The number of rotatable bonds is 6. The van der Waals surface area contributed by atoms with Gasteiger partial charge in [-0.1, -0.05) is 0 Å². The third-order valence-corrected chi connectivity index (χ3v) is 7.18. The quantitative estimate of drug-likeness (QED) is 0.412. The zero-order valence-electron chi connectivity index (χ0n) is 17.9. The fraction of sp³-hybridized carbons (Fsp3) is 0.364. The number of aryl methyl sites for hydroxylation is 1. The Hall–Kier alpha value is -3.24. The summed E-state index contributed by atoms with van der Waals surface area (Å²) in [6.45, 7) is 0.332. The first-order chi connectivity index (χ1) is 15.6. The van der Waals surface area contributed by atoms with Crippen LogP contribution in [-0.4, -0.2) is 63.4 Å². The molecule has 5 rings (SSSR count). The highest BCUT2D eigenvalue weighted by atomic mass is 32.1. The van der Waals surface area contributed by atoms with Crippen LogP contribution in [0.25, 0.3) is 21.1 Å². The third kappa shape index (κ3) is 3.55. The molecule has 166 valence electrons. The van der Waals surface area contributed by atoms with Gasteiger partial charge in [0.15, 0.2) is 0 Å². The van der Waals surface area contributed by atoms with Crippen LogP contribution in [0.5, 0.6) is 5.75 Å². The summed E-state index contributed by atoms with van der Waals surface area (Å²) >= 11 is 1.63. The van der Waals surface area contributed by atoms with E-state index in [1.807, 2.05) is 12.1 Å². The number of hydrogen-bond acceptors (Lipinski definition) is 8. The number of nitrogens with one attached hydrogen (secondary N) is 2. The molecule has 0 unspecified atom stereocenters. The minimum absolute atomic E-state index is 0.0260. The SMILES string of the molecule is COc1cc2[nH]ncc2cc1Nc1ncnc2sc3c(c12)CC[C@@H](C(=O)N(C)CCO)C3. The van der Waals surface area contributed by atoms with Crippen LogP contribution in [-0.2, 0) is 17.6 Å². The molecule has 10 heteroatoms. The number of carbonyl (C=O) groups excluding carboxylic acids is 1. The monoisotopic (exact) mass is 452 g/mol. The van der Waals surface area contributed by atoms with Gasteiger partial charge in [-0.15, -0.1) is 11.3 Å². The van der Waals surface area contributed by atoms with Crippen molar-refractivity contribution in [3.05, 3.63) is 35.1 Å². The number of benzene rings is 1. The van der Waals surface area contributed by atoms with Gasteiger partial charge in [0.2, 0.25) is 5.91 Å². The van der Waals surface area contributed by atoms with Crippen LogP contribution in [0.15, 0.2) is 24.7 Å². The molecule has 0 saturated carbocycles. The van der Waals surface area contributed by atoms with Gasteiger partial charge in [-0.25, -0.2) is 9.97 Å². The van der Waals surface area contributed by atoms with E-state index in [-0.39, 0.29) is 18.4 Å². The molecule has 9 nitrogen and oxygen atoms in total. The van der Waals surface area contributed by atoms with E-state index >= 15 is 0 Å². The second-order valence-electron chi connectivity index (χ2n) is 7.96. The number of thiophene rings is 1. The van der Waals surface area contributed by atoms with Gasteiger partial charge >= 0.3 is 0 Å². The number of aliphatic hydroxyl groups excluding tert-OH is 1. The summed E-state index contributed by atoms with van der Waals surface area (Å²) in [5.41, 5.74) is 2.91. The summed E-state index contributed by atoms with van der Waals surface area (Å²) < 4.78 is 5.57. The molecule has 1 aliphatic carbocycles. The number of fused-ring (bicyclic) bond motifs is 4. The molecular weight excluding hydrogens is 428 g/mol. The third-order valence-electron chi connectivity index (χ3n) is 6.02. The maximum absolute atomic E-state index is 12.7. The maximum atomic E-state index is 12.7. The summed E-state index contributed by atoms with van der Waals surface area (Å²) in [5.74, 6) is 1.44. The number of methoxy groups -OCH3 is 1. The first kappa shape index (κ1) is 20.7. The Labute approximate surface area is 188 Å². The Balaban J connectivity index is 1.49. The first-order valence-corrected chi connectivity index (χ1v) is 11.3. The van der Waals surface area contributed by atoms with Crippen LogP contribution in [0.4, 0.5) is 11.5 Å². The standard InChI is InChI=1S/C22H24N6O3S/c1-28(5-6-29)22(30)12-3-4-14-18(8-12)32-21-19(14)20(23-11-24-21)26-16-7-13-10-25-27-15(13)9-17(16)31-2/h7,9-12,29H,3-6,8H2,1-2H3,(H,25,27)(H,23,24,26)/t12-/m1/s1. The fourth-order valence-corrected chi connectivity index (χ4v) is 5.62. The molecule has 0 aliphatic heterocycles. The molecule has 32 heavy (non-hydrogen) atoms. The zero-order chi connectivity index (χ0) is 22.2. The fourth-order valence-electron chi connectivity index (χ4n) is 4.35. The Bertz CT molecular complexity index is 1300. The zero-order valence-corrected chi connectivity index (χ0v) is 18.7. The second kappa shape index (κ2) is 8.36. The average Bonchev–Trinajstić information content (AvgIpc) is 3.41. The lowest BCUT2D eigenvalue weighted by Crippen LogP contribution is -2.37. The van der Waals surface area contributed by atoms with Crippen molar-refractivity contribution in [1.82, 2.24) is 25.1 Å². The largest absolute Gasteiger partial charge is 0.494 e. The van der Waals surface area contributed by atoms with Crippen molar-refractivity contribution in [1.29, 1.82) is 0 Å². The number of carbonyl (C=O) groups is 1. The maximum Gasteiger partial charge on any atom is 0.225 e. The molecule has 1 aliphatic rings. The van der Waals surface area contributed by atoms with Crippen molar-refractivity contribution in [2.75, 3.05) is 32.6 Å². The molecule has 0 bridgehead atoms. The highest BCUT2D eigenvalue weighted by Crippen LogP contribution is 2.41. The van der Waals surface area contributed by atoms with Crippen molar-refractivity contribution in [3.8, 4) is 5.75 Å². The molecule has 0 fully saturated rings. The second-order valence-corrected chi connectivity index (χ2v) is 9.05. The molecule has 3 aromatic heterocycles. The van der Waals surface area contributed by atoms with Gasteiger partial charge in [-0.05, 0) is 30.9 Å². The van der Waals surface area contributed by atoms with Crippen molar-refractivity contribution in [2.45, 2.75) is 19.3 Å². The topological polar surface area (TPSA) is 116 Å². The van der Waals surface area contributed by atoms with Gasteiger partial charge in [-0.3, -0.25) is 9.89 Å². The Kier molecular flexibility index (Phi) is 5.40. The molecule has 3 N–H and O–H groups in total. The minimum atomic E-state index is -0.0694. The Morgan fingerprint density at radius 3 is 3.09 bits per heavy atom. The summed E-state index contributed by atoms with van der Waals surface area (Å²) in [7, 11) is 3.38. The van der Waals surface area contributed by atoms with E-state index in [1.165, 1.54) is 10.4 Å². The van der Waals surface area contributed by atoms with Crippen molar-refractivity contribution >= 4 is 49.9 Å². The summed E-state index contributed by atoms with van der Waals surface area (Å²) in [5, 5.41) is 21.6. The van der Waals surface area contributed by atoms with Crippen LogP contribution >= 0.6 is 11.3 Å². The number of hydrogen-bond donors (Lipinski definition) is 3. The number of aromatic amines is 1. The number of anilines is 2. The van der Waals surface area contributed by atoms with Gasteiger partial charge < -0.3 is 20.1 Å². The minimum Gasteiger partial charge on any atom is -0.494 e. The van der Waals surface area contributed by atoms with Crippen molar-refractivity contribution in [3.63, 3.8) is 0 Å². The van der Waals surface area contributed by atoms with E-state index in [1.54, 1.807) is 42.9 Å². The van der Waals surface area contributed by atoms with Crippen molar-refractivity contribution < 1.29 is 14.6 Å². The number of H-pyrrole nitrogens is 1. The van der Waals surface area contributed by atoms with E-state index in [4.69, 9.17) is 9.84 Å². The average molecular weight is 453 g/mol. The number of aromatic nitrogens is 4. The number of aliphatic hydroxyl groups is 1. The van der Waals surface area contributed by atoms with E-state index < -0.39 is 0 Å². The van der Waals surface area contributed by atoms with Gasteiger partial charge in [0.25, 0.3) is 0 Å². The predicted octanol–water partition coefficient (Wildman–Crippen LogP) is 2.88. The first-order valence-electron chi connectivity index (χ1n) is 10.5. The Morgan fingerprint density at radius 1 is 1.41 bits per heavy atom. The van der Waals surface area contributed by atoms with Gasteiger partial charge in [0, 0.05) is 35.8 Å². The summed E-state index contributed by atoms with van der Waals surface area (Å²) in [6, 6.07) is 3.89. The number of likely N-dealkylation sites (N-methyl/N-ethyl adjacent to an activating group) is 1. The molecule has 0 spiro atoms. The van der Waals surface area contributed by atoms with Crippen molar-refractivity contribution in [2.24, 2.45) is 5.92 Å². The molecule has 0 saturated heterocycles. The van der Waals surface area contributed by atoms with E-state index in [9.17, 15) is 4.79 Å². The smallest absolute Gasteiger partial charge is 0.225 e. The highest BCUT2D eigenvalue weighted by Gasteiger charge is 2.30. The van der Waals surface area contributed by atoms with Gasteiger partial charge in [0.05, 0.1) is 36.5 Å². The van der Waals surface area contributed by atoms with Gasteiger partial charge in [-0.2, -0.15) is 5.10 Å². The lowest BCUT2D eigenvalue weighted by Gasteiger charge is -2.26. The molecule has 0 radical (unpaired) electrons. The molecule has 4 aromatic rings. The highest BCUT2D eigenvalue weighted by molar-refractivity contribution is 7.19. The van der Waals surface area contributed by atoms with Crippen LogP contribution < -0.4 is 10.1 Å². The number of nitrogens with zero attached hydrogens (tertiary/aromatic N) is 4. The van der Waals surface area contributed by atoms with Crippen LogP contribution in [0, 0.1) is 5.92 Å².